The van der Waals surface area contributed by atoms with Crippen molar-refractivity contribution in [1.82, 2.24) is 0 Å². The average molecular weight is 419 g/mol. The molecule has 0 radical (unpaired) electrons. The number of carbonyl (C=O) groups is 3. The lowest BCUT2D eigenvalue weighted by Gasteiger charge is -2.68. The van der Waals surface area contributed by atoms with E-state index in [1.807, 2.05) is 6.92 Å². The van der Waals surface area contributed by atoms with Crippen molar-refractivity contribution in [2.24, 2.45) is 51.8 Å². The van der Waals surface area contributed by atoms with Crippen molar-refractivity contribution < 1.29 is 29.7 Å². The molecule has 5 rings (SSSR count). The summed E-state index contributed by atoms with van der Waals surface area (Å²) in [4.78, 5) is 37.0. The molecule has 0 aromatic rings. The summed E-state index contributed by atoms with van der Waals surface area (Å²) in [6.07, 6.45) is 6.36. The fourth-order valence-electron chi connectivity index (χ4n) is 8.56. The maximum absolute atomic E-state index is 12.5. The van der Waals surface area contributed by atoms with E-state index < -0.39 is 40.6 Å². The molecule has 166 valence electrons. The summed E-state index contributed by atoms with van der Waals surface area (Å²) in [5, 5.41) is 30.3. The summed E-state index contributed by atoms with van der Waals surface area (Å²) in [7, 11) is 0. The molecule has 1 spiro atoms. The predicted octanol–water partition coefficient (Wildman–Crippen LogP) is 4.30. The molecule has 6 nitrogen and oxygen atoms in total. The molecule has 30 heavy (non-hydrogen) atoms. The van der Waals surface area contributed by atoms with Gasteiger partial charge in [-0.05, 0) is 68.1 Å². The molecule has 5 aliphatic carbocycles. The predicted molar refractivity (Wildman–Crippen MR) is 110 cm³/mol. The Morgan fingerprint density at radius 3 is 2.20 bits per heavy atom. The molecule has 5 aliphatic rings. The minimum absolute atomic E-state index is 0.00641. The average Bonchev–Trinajstić information content (AvgIpc) is 2.65. The molecular weight excluding hydrogens is 384 g/mol. The van der Waals surface area contributed by atoms with Gasteiger partial charge in [0.2, 0.25) is 0 Å². The van der Waals surface area contributed by atoms with Crippen LogP contribution in [0.4, 0.5) is 0 Å². The molecular formula is C24H34O6. The molecule has 0 heterocycles. The number of fused-ring (bicyclic) bond motifs is 2. The Labute approximate surface area is 177 Å². The van der Waals surface area contributed by atoms with Gasteiger partial charge in [-0.1, -0.05) is 38.8 Å². The van der Waals surface area contributed by atoms with Gasteiger partial charge in [0.05, 0.1) is 17.3 Å². The van der Waals surface area contributed by atoms with Crippen molar-refractivity contribution in [3.63, 3.8) is 0 Å². The third-order valence-electron chi connectivity index (χ3n) is 9.72. The number of aliphatic carboxylic acids is 3. The highest BCUT2D eigenvalue weighted by Crippen LogP contribution is 2.73. The van der Waals surface area contributed by atoms with Gasteiger partial charge in [0.1, 0.15) is 0 Å². The van der Waals surface area contributed by atoms with E-state index in [-0.39, 0.29) is 29.1 Å². The van der Waals surface area contributed by atoms with E-state index in [1.165, 1.54) is 0 Å². The van der Waals surface area contributed by atoms with Gasteiger partial charge < -0.3 is 15.3 Å². The molecule has 0 amide bonds. The van der Waals surface area contributed by atoms with Crippen LogP contribution < -0.4 is 0 Å². The fourth-order valence-corrected chi connectivity index (χ4v) is 8.56. The number of hydrogen-bond donors (Lipinski definition) is 3. The first kappa shape index (κ1) is 21.4. The van der Waals surface area contributed by atoms with Crippen molar-refractivity contribution in [2.45, 2.75) is 66.2 Å². The van der Waals surface area contributed by atoms with E-state index >= 15 is 0 Å². The minimum atomic E-state index is -1.02. The van der Waals surface area contributed by atoms with Crippen LogP contribution >= 0.6 is 0 Å². The van der Waals surface area contributed by atoms with E-state index in [0.717, 1.165) is 18.4 Å². The monoisotopic (exact) mass is 418 g/mol. The Morgan fingerprint density at radius 1 is 1.00 bits per heavy atom. The summed E-state index contributed by atoms with van der Waals surface area (Å²) >= 11 is 0. The zero-order valence-electron chi connectivity index (χ0n) is 18.4. The number of rotatable bonds is 4. The van der Waals surface area contributed by atoms with E-state index in [1.54, 1.807) is 0 Å². The molecule has 0 saturated heterocycles. The molecule has 6 heteroatoms. The first-order chi connectivity index (χ1) is 13.9. The highest BCUT2D eigenvalue weighted by atomic mass is 16.4. The lowest BCUT2D eigenvalue weighted by molar-refractivity contribution is -0.207. The second-order valence-corrected chi connectivity index (χ2v) is 11.2. The Hall–Kier alpha value is -1.85. The van der Waals surface area contributed by atoms with Gasteiger partial charge >= 0.3 is 17.9 Å². The fraction of sp³-hybridized carbons (Fsp3) is 0.792. The normalized spacial score (nSPS) is 47.2. The number of allylic oxidation sites excluding steroid dienone is 2. The Bertz CT molecular complexity index is 830. The number of carboxylic acids is 3. The maximum atomic E-state index is 12.5. The lowest BCUT2D eigenvalue weighted by atomic mass is 9.34. The van der Waals surface area contributed by atoms with Crippen molar-refractivity contribution in [1.29, 1.82) is 0 Å². The van der Waals surface area contributed by atoms with E-state index in [0.29, 0.717) is 25.7 Å². The summed E-state index contributed by atoms with van der Waals surface area (Å²) in [6, 6.07) is 0. The van der Waals surface area contributed by atoms with Crippen LogP contribution in [-0.2, 0) is 14.4 Å². The van der Waals surface area contributed by atoms with Crippen LogP contribution in [0.15, 0.2) is 11.6 Å². The van der Waals surface area contributed by atoms with Crippen molar-refractivity contribution in [2.75, 3.05) is 0 Å². The van der Waals surface area contributed by atoms with E-state index in [9.17, 15) is 29.7 Å². The quantitative estimate of drug-likeness (QED) is 0.587. The van der Waals surface area contributed by atoms with Gasteiger partial charge in [0, 0.05) is 5.41 Å². The van der Waals surface area contributed by atoms with Crippen LogP contribution in [0, 0.1) is 51.8 Å². The Kier molecular flexibility index (Phi) is 4.68. The summed E-state index contributed by atoms with van der Waals surface area (Å²) in [6.45, 7) is 8.15. The van der Waals surface area contributed by atoms with Gasteiger partial charge in [0.15, 0.2) is 0 Å². The van der Waals surface area contributed by atoms with Crippen LogP contribution in [0.3, 0.4) is 0 Å². The van der Waals surface area contributed by atoms with Crippen LogP contribution in [0.1, 0.15) is 66.2 Å². The van der Waals surface area contributed by atoms with Crippen LogP contribution in [0.5, 0.6) is 0 Å². The first-order valence-electron chi connectivity index (χ1n) is 11.3. The van der Waals surface area contributed by atoms with Gasteiger partial charge in [-0.3, -0.25) is 14.4 Å². The van der Waals surface area contributed by atoms with Gasteiger partial charge in [-0.25, -0.2) is 0 Å². The third-order valence-corrected chi connectivity index (χ3v) is 9.72. The van der Waals surface area contributed by atoms with Crippen molar-refractivity contribution in [3.8, 4) is 0 Å². The summed E-state index contributed by atoms with van der Waals surface area (Å²) in [5.41, 5.74) is -0.709. The van der Waals surface area contributed by atoms with Gasteiger partial charge in [0.25, 0.3) is 0 Å². The van der Waals surface area contributed by atoms with Crippen LogP contribution in [0.25, 0.3) is 0 Å². The van der Waals surface area contributed by atoms with Gasteiger partial charge in [-0.2, -0.15) is 0 Å². The molecule has 0 aromatic heterocycles. The van der Waals surface area contributed by atoms with E-state index in [4.69, 9.17) is 0 Å². The largest absolute Gasteiger partial charge is 0.481 e. The zero-order valence-corrected chi connectivity index (χ0v) is 18.4. The first-order valence-corrected chi connectivity index (χ1v) is 11.3. The zero-order chi connectivity index (χ0) is 22.2. The molecule has 0 unspecified atom stereocenters. The Morgan fingerprint density at radius 2 is 1.67 bits per heavy atom. The highest BCUT2D eigenvalue weighted by molar-refractivity contribution is 5.83. The standard InChI is InChI=1S/C24H34O6/c1-12(2)14-11-24-9-6-15-22(3,7-5-8-23(15,4)21(29)30)16(24)10-13(14)17(19(25)26)18(24)20(27)28/h11-13,15-18H,5-10H2,1-4H3,(H,25,26)(H,27,28)(H,29,30)/t13-,15+,16+,17+,18+,22-,23-,24-/m0/s1. The molecule has 2 bridgehead atoms. The minimum Gasteiger partial charge on any atom is -0.481 e. The maximum Gasteiger partial charge on any atom is 0.309 e. The van der Waals surface area contributed by atoms with Crippen molar-refractivity contribution in [3.05, 3.63) is 11.6 Å². The molecule has 3 fully saturated rings. The smallest absolute Gasteiger partial charge is 0.309 e. The molecule has 0 aliphatic heterocycles. The summed E-state index contributed by atoms with van der Waals surface area (Å²) in [5.74, 6) is -4.76. The van der Waals surface area contributed by atoms with Crippen molar-refractivity contribution >= 4 is 17.9 Å². The summed E-state index contributed by atoms with van der Waals surface area (Å²) < 4.78 is 0. The van der Waals surface area contributed by atoms with E-state index in [2.05, 4.69) is 26.8 Å². The third kappa shape index (κ3) is 2.51. The molecule has 3 N–H and O–H groups in total. The van der Waals surface area contributed by atoms with Crippen LogP contribution in [0.2, 0.25) is 0 Å². The molecule has 3 saturated carbocycles. The second-order valence-electron chi connectivity index (χ2n) is 11.2. The topological polar surface area (TPSA) is 112 Å². The Balaban J connectivity index is 1.89. The SMILES string of the molecule is CC(C)C1=C[C@@]23CC[C@@H]4[C@](C)(CCC[C@]4(C)C(=O)O)[C@H]2C[C@@H]1[C@@H](C(=O)O)[C@@H]3C(=O)O. The molecule has 0 aromatic carbocycles. The number of carboxylic acid groups (broad SMARTS) is 3. The highest BCUT2D eigenvalue weighted by Gasteiger charge is 2.71. The molecule has 8 atom stereocenters. The lowest BCUT2D eigenvalue weighted by Crippen LogP contribution is -2.66. The number of hydrogen-bond acceptors (Lipinski definition) is 3. The van der Waals surface area contributed by atoms with Gasteiger partial charge in [-0.15, -0.1) is 0 Å². The second kappa shape index (κ2) is 6.57. The van der Waals surface area contributed by atoms with Crippen LogP contribution in [-0.4, -0.2) is 33.2 Å².